The Bertz CT molecular complexity index is 591. The molecule has 0 aromatic rings. The van der Waals surface area contributed by atoms with Gasteiger partial charge in [0.1, 0.15) is 6.29 Å². The maximum absolute atomic E-state index is 11.0. The number of allylic oxidation sites excluding steroid dienone is 13. The van der Waals surface area contributed by atoms with Gasteiger partial charge in [-0.2, -0.15) is 0 Å². The number of hydrogen-bond donors (Lipinski definition) is 0. The molecule has 0 N–H and O–H groups in total. The molecule has 0 atom stereocenters. The maximum atomic E-state index is 11.0. The van der Waals surface area contributed by atoms with Gasteiger partial charge < -0.3 is 4.79 Å². The van der Waals surface area contributed by atoms with Gasteiger partial charge in [0.05, 0.1) is 11.3 Å². The molecule has 0 bridgehead atoms. The zero-order valence-corrected chi connectivity index (χ0v) is 15.5. The van der Waals surface area contributed by atoms with Crippen LogP contribution in [-0.2, 0) is 4.79 Å². The van der Waals surface area contributed by atoms with Crippen LogP contribution in [0.5, 0.6) is 0 Å². The van der Waals surface area contributed by atoms with Crippen molar-refractivity contribution in [2.75, 3.05) is 0 Å². The third-order valence-corrected chi connectivity index (χ3v) is 3.17. The highest BCUT2D eigenvalue weighted by molar-refractivity contribution is 5.49. The van der Waals surface area contributed by atoms with Crippen LogP contribution in [0.1, 0.15) is 45.4 Å². The molecule has 0 radical (unpaired) electrons. The fourth-order valence-corrected chi connectivity index (χ4v) is 1.84. The first-order valence-electron chi connectivity index (χ1n) is 8.94. The highest BCUT2D eigenvalue weighted by Gasteiger charge is 2.05. The minimum atomic E-state index is -0.327. The molecule has 0 heterocycles. The normalized spacial score (nSPS) is 13.5. The Morgan fingerprint density at radius 3 is 2.12 bits per heavy atom. The Morgan fingerprint density at radius 1 is 0.808 bits per heavy atom. The third-order valence-electron chi connectivity index (χ3n) is 3.17. The highest BCUT2D eigenvalue weighted by atomic mass is 16.6. The van der Waals surface area contributed by atoms with Gasteiger partial charge in [0.15, 0.2) is 0 Å². The summed E-state index contributed by atoms with van der Waals surface area (Å²) in [7, 11) is 0. The summed E-state index contributed by atoms with van der Waals surface area (Å²) in [6.07, 6.45) is 29.7. The fourth-order valence-electron chi connectivity index (χ4n) is 1.84. The lowest BCUT2D eigenvalue weighted by Gasteiger charge is -1.92. The standard InChI is InChI=1S/C22H29NO3/c1-2-3-4-16-19-22(23(25)26)20-17-14-12-10-8-6-5-7-9-11-13-15-18-21-24/h3-8,10-14,17,19,21H,2,9,15-16,18,20H2,1H3/b4-3+,7-5+,8-6+,12-10+,13-11+,17-14+,22-19-. The molecule has 0 spiro atoms. The molecule has 140 valence electrons. The van der Waals surface area contributed by atoms with Crippen molar-refractivity contribution < 1.29 is 9.72 Å². The first kappa shape index (κ1) is 23.2. The topological polar surface area (TPSA) is 60.2 Å². The van der Waals surface area contributed by atoms with E-state index in [9.17, 15) is 14.9 Å². The number of nitro groups is 1. The van der Waals surface area contributed by atoms with Crippen LogP contribution in [0.15, 0.2) is 84.7 Å². The van der Waals surface area contributed by atoms with Crippen molar-refractivity contribution in [3.63, 3.8) is 0 Å². The van der Waals surface area contributed by atoms with E-state index in [0.29, 0.717) is 19.3 Å². The molecule has 0 fully saturated rings. The van der Waals surface area contributed by atoms with Gasteiger partial charge in [-0.05, 0) is 31.8 Å². The van der Waals surface area contributed by atoms with Crippen LogP contribution in [0, 0.1) is 10.1 Å². The molecule has 4 nitrogen and oxygen atoms in total. The lowest BCUT2D eigenvalue weighted by Crippen LogP contribution is -1.97. The van der Waals surface area contributed by atoms with Crippen LogP contribution in [-0.4, -0.2) is 11.2 Å². The van der Waals surface area contributed by atoms with Crippen LogP contribution < -0.4 is 0 Å². The summed E-state index contributed by atoms with van der Waals surface area (Å²) < 4.78 is 0. The van der Waals surface area contributed by atoms with Crippen molar-refractivity contribution in [1.29, 1.82) is 0 Å². The minimum absolute atomic E-state index is 0.218. The molecule has 0 aromatic heterocycles. The number of hydrogen-bond acceptors (Lipinski definition) is 3. The van der Waals surface area contributed by atoms with Gasteiger partial charge in [-0.3, -0.25) is 10.1 Å². The molecule has 0 saturated carbocycles. The predicted octanol–water partition coefficient (Wildman–Crippen LogP) is 6.04. The van der Waals surface area contributed by atoms with Crippen LogP contribution in [0.4, 0.5) is 0 Å². The van der Waals surface area contributed by atoms with Crippen LogP contribution in [0.2, 0.25) is 0 Å². The molecule has 0 aliphatic carbocycles. The van der Waals surface area contributed by atoms with E-state index in [1.54, 1.807) is 12.2 Å². The van der Waals surface area contributed by atoms with E-state index >= 15 is 0 Å². The second kappa shape index (κ2) is 18.6. The lowest BCUT2D eigenvalue weighted by atomic mass is 10.2. The molecule has 4 heteroatoms. The molecule has 0 aliphatic heterocycles. The number of aldehydes is 1. The molecule has 0 unspecified atom stereocenters. The quantitative estimate of drug-likeness (QED) is 0.0952. The van der Waals surface area contributed by atoms with Gasteiger partial charge in [0.25, 0.3) is 0 Å². The maximum Gasteiger partial charge on any atom is 0.246 e. The van der Waals surface area contributed by atoms with Crippen molar-refractivity contribution in [3.05, 3.63) is 94.8 Å². The summed E-state index contributed by atoms with van der Waals surface area (Å²) in [4.78, 5) is 20.8. The number of nitrogens with zero attached hydrogens (tertiary/aromatic N) is 1. The zero-order valence-electron chi connectivity index (χ0n) is 15.5. The van der Waals surface area contributed by atoms with Crippen LogP contribution in [0.25, 0.3) is 0 Å². The lowest BCUT2D eigenvalue weighted by molar-refractivity contribution is -0.427. The Balaban J connectivity index is 4.10. The number of carbonyl (C=O) groups is 1. The van der Waals surface area contributed by atoms with Gasteiger partial charge in [0.2, 0.25) is 5.70 Å². The van der Waals surface area contributed by atoms with E-state index in [1.807, 2.05) is 73.8 Å². The van der Waals surface area contributed by atoms with Gasteiger partial charge in [-0.25, -0.2) is 0 Å². The Labute approximate surface area is 156 Å². The zero-order chi connectivity index (χ0) is 19.3. The van der Waals surface area contributed by atoms with Crippen molar-refractivity contribution in [2.24, 2.45) is 0 Å². The molecule has 0 aromatic carbocycles. The minimum Gasteiger partial charge on any atom is -0.303 e. The third kappa shape index (κ3) is 16.1. The molecule has 0 aliphatic rings. The molecule has 26 heavy (non-hydrogen) atoms. The monoisotopic (exact) mass is 355 g/mol. The van der Waals surface area contributed by atoms with Crippen molar-refractivity contribution in [1.82, 2.24) is 0 Å². The summed E-state index contributed by atoms with van der Waals surface area (Å²) in [5, 5.41) is 11.0. The Hall–Kier alpha value is -2.75. The van der Waals surface area contributed by atoms with Gasteiger partial charge in [0, 0.05) is 6.42 Å². The number of unbranched alkanes of at least 4 members (excludes halogenated alkanes) is 1. The van der Waals surface area contributed by atoms with E-state index in [2.05, 4.69) is 0 Å². The van der Waals surface area contributed by atoms with Gasteiger partial charge >= 0.3 is 0 Å². The van der Waals surface area contributed by atoms with Crippen molar-refractivity contribution >= 4 is 6.29 Å². The van der Waals surface area contributed by atoms with Crippen molar-refractivity contribution in [3.8, 4) is 0 Å². The predicted molar refractivity (Wildman–Crippen MR) is 109 cm³/mol. The van der Waals surface area contributed by atoms with E-state index in [-0.39, 0.29) is 10.6 Å². The number of rotatable bonds is 14. The van der Waals surface area contributed by atoms with Crippen LogP contribution >= 0.6 is 0 Å². The summed E-state index contributed by atoms with van der Waals surface area (Å²) in [5.74, 6) is 0. The largest absolute Gasteiger partial charge is 0.303 e. The van der Waals surface area contributed by atoms with E-state index in [4.69, 9.17) is 0 Å². The van der Waals surface area contributed by atoms with Crippen LogP contribution in [0.3, 0.4) is 0 Å². The first-order chi connectivity index (χ1) is 12.7. The fraction of sp³-hybridized carbons (Fsp3) is 0.318. The SMILES string of the molecule is CC/C=C/C/C=C(/C/C=C/C=C/C=C/C=C/C/C=C/CCC=O)[N+](=O)[O-]. The number of carbonyl (C=O) groups excluding carboxylic acids is 1. The summed E-state index contributed by atoms with van der Waals surface area (Å²) in [6.45, 7) is 2.03. The average molecular weight is 355 g/mol. The smallest absolute Gasteiger partial charge is 0.246 e. The second-order valence-corrected chi connectivity index (χ2v) is 5.35. The van der Waals surface area contributed by atoms with Gasteiger partial charge in [-0.1, -0.05) is 79.8 Å². The van der Waals surface area contributed by atoms with E-state index in [0.717, 1.165) is 25.5 Å². The van der Waals surface area contributed by atoms with Gasteiger partial charge in [-0.15, -0.1) is 0 Å². The average Bonchev–Trinajstić information content (AvgIpc) is 2.63. The first-order valence-corrected chi connectivity index (χ1v) is 8.94. The highest BCUT2D eigenvalue weighted by Crippen LogP contribution is 2.06. The molecule has 0 rings (SSSR count). The summed E-state index contributed by atoms with van der Waals surface area (Å²) in [5.41, 5.74) is 0.218. The second-order valence-electron chi connectivity index (χ2n) is 5.35. The van der Waals surface area contributed by atoms with E-state index in [1.165, 1.54) is 0 Å². The molecule has 0 saturated heterocycles. The van der Waals surface area contributed by atoms with E-state index < -0.39 is 0 Å². The summed E-state index contributed by atoms with van der Waals surface area (Å²) in [6, 6.07) is 0. The Kier molecular flexibility index (Phi) is 16.6. The van der Waals surface area contributed by atoms with Crippen molar-refractivity contribution in [2.45, 2.75) is 45.4 Å². The summed E-state index contributed by atoms with van der Waals surface area (Å²) >= 11 is 0. The molecule has 0 amide bonds. The molecular formula is C22H29NO3. The molecular weight excluding hydrogens is 326 g/mol. The Morgan fingerprint density at radius 2 is 1.46 bits per heavy atom.